The SMILES string of the molecule is COc1cc(-n2ccc(CCc3ccccc3)cc2=O)ccc1OCC(C)(C)O. The molecule has 1 heterocycles. The topological polar surface area (TPSA) is 60.7 Å². The number of ether oxygens (including phenoxy) is 2. The van der Waals surface area contributed by atoms with Crippen LogP contribution in [0.5, 0.6) is 11.5 Å². The standard InChI is InChI=1S/C24H27NO4/c1-24(2,27)17-29-21-12-11-20(16-22(21)28-3)25-14-13-19(15-23(25)26)10-9-18-7-5-4-6-8-18/h4-8,11-16,27H,9-10,17H2,1-3H3. The molecule has 0 aliphatic rings. The van der Waals surface area contributed by atoms with Crippen molar-refractivity contribution in [3.8, 4) is 17.2 Å². The number of aromatic nitrogens is 1. The van der Waals surface area contributed by atoms with E-state index in [9.17, 15) is 9.90 Å². The third-order valence-electron chi connectivity index (χ3n) is 4.54. The summed E-state index contributed by atoms with van der Waals surface area (Å²) in [6.07, 6.45) is 3.49. The van der Waals surface area contributed by atoms with E-state index in [2.05, 4.69) is 12.1 Å². The van der Waals surface area contributed by atoms with Crippen molar-refractivity contribution in [2.75, 3.05) is 13.7 Å². The smallest absolute Gasteiger partial charge is 0.255 e. The summed E-state index contributed by atoms with van der Waals surface area (Å²) in [6.45, 7) is 3.48. The summed E-state index contributed by atoms with van der Waals surface area (Å²) in [6, 6.07) is 19.2. The van der Waals surface area contributed by atoms with Gasteiger partial charge < -0.3 is 14.6 Å². The second kappa shape index (κ2) is 8.97. The van der Waals surface area contributed by atoms with E-state index in [-0.39, 0.29) is 12.2 Å². The average molecular weight is 393 g/mol. The molecule has 0 spiro atoms. The summed E-state index contributed by atoms with van der Waals surface area (Å²) in [7, 11) is 1.55. The van der Waals surface area contributed by atoms with E-state index < -0.39 is 5.60 Å². The molecule has 0 unspecified atom stereocenters. The highest BCUT2D eigenvalue weighted by molar-refractivity contribution is 5.49. The number of rotatable bonds is 8. The van der Waals surface area contributed by atoms with Crippen molar-refractivity contribution in [2.24, 2.45) is 0 Å². The van der Waals surface area contributed by atoms with Crippen molar-refractivity contribution in [2.45, 2.75) is 32.3 Å². The van der Waals surface area contributed by atoms with E-state index in [4.69, 9.17) is 9.47 Å². The second-order valence-electron chi connectivity index (χ2n) is 7.67. The van der Waals surface area contributed by atoms with Crippen LogP contribution in [0.4, 0.5) is 0 Å². The molecule has 1 N–H and O–H groups in total. The van der Waals surface area contributed by atoms with E-state index in [1.54, 1.807) is 56.0 Å². The summed E-state index contributed by atoms with van der Waals surface area (Å²) < 4.78 is 12.6. The average Bonchev–Trinajstić information content (AvgIpc) is 2.71. The molecule has 0 fully saturated rings. The summed E-state index contributed by atoms with van der Waals surface area (Å²) >= 11 is 0. The minimum atomic E-state index is -0.948. The first-order valence-corrected chi connectivity index (χ1v) is 9.65. The minimum absolute atomic E-state index is 0.0947. The molecule has 1 aromatic heterocycles. The Morgan fingerprint density at radius 2 is 1.66 bits per heavy atom. The van der Waals surface area contributed by atoms with E-state index in [0.29, 0.717) is 17.2 Å². The van der Waals surface area contributed by atoms with Crippen LogP contribution in [0.15, 0.2) is 71.7 Å². The van der Waals surface area contributed by atoms with Gasteiger partial charge in [0, 0.05) is 18.3 Å². The van der Waals surface area contributed by atoms with Gasteiger partial charge in [0.25, 0.3) is 5.56 Å². The molecule has 0 bridgehead atoms. The maximum atomic E-state index is 12.7. The Labute approximate surface area is 171 Å². The highest BCUT2D eigenvalue weighted by Gasteiger charge is 2.16. The van der Waals surface area contributed by atoms with E-state index in [1.807, 2.05) is 24.3 Å². The molecule has 0 amide bonds. The molecule has 0 aliphatic carbocycles. The normalized spacial score (nSPS) is 11.3. The van der Waals surface area contributed by atoms with Crippen molar-refractivity contribution in [1.82, 2.24) is 4.57 Å². The van der Waals surface area contributed by atoms with Gasteiger partial charge in [-0.2, -0.15) is 0 Å². The van der Waals surface area contributed by atoms with Crippen LogP contribution in [0, 0.1) is 0 Å². The number of aliphatic hydroxyl groups is 1. The van der Waals surface area contributed by atoms with Gasteiger partial charge in [-0.1, -0.05) is 30.3 Å². The molecule has 5 heteroatoms. The fourth-order valence-electron chi connectivity index (χ4n) is 3.00. The Balaban J connectivity index is 1.77. The largest absolute Gasteiger partial charge is 0.493 e. The lowest BCUT2D eigenvalue weighted by Gasteiger charge is -2.19. The molecule has 3 rings (SSSR count). The Bertz CT molecular complexity index is 1000. The van der Waals surface area contributed by atoms with Gasteiger partial charge in [0.2, 0.25) is 0 Å². The van der Waals surface area contributed by atoms with Crippen molar-refractivity contribution in [3.05, 3.63) is 88.3 Å². The van der Waals surface area contributed by atoms with Gasteiger partial charge in [0.15, 0.2) is 11.5 Å². The van der Waals surface area contributed by atoms with Crippen LogP contribution in [0.3, 0.4) is 0 Å². The van der Waals surface area contributed by atoms with Crippen molar-refractivity contribution in [1.29, 1.82) is 0 Å². The number of aryl methyl sites for hydroxylation is 2. The predicted molar refractivity (Wildman–Crippen MR) is 114 cm³/mol. The van der Waals surface area contributed by atoms with Crippen LogP contribution in [-0.2, 0) is 12.8 Å². The van der Waals surface area contributed by atoms with Crippen LogP contribution in [0.2, 0.25) is 0 Å². The molecule has 0 saturated heterocycles. The minimum Gasteiger partial charge on any atom is -0.493 e. The maximum absolute atomic E-state index is 12.7. The Kier molecular flexibility index (Phi) is 6.39. The van der Waals surface area contributed by atoms with E-state index >= 15 is 0 Å². The molecule has 0 aliphatic heterocycles. The highest BCUT2D eigenvalue weighted by Crippen LogP contribution is 2.29. The van der Waals surface area contributed by atoms with Gasteiger partial charge in [-0.3, -0.25) is 9.36 Å². The summed E-state index contributed by atoms with van der Waals surface area (Å²) in [5.74, 6) is 1.03. The number of methoxy groups -OCH3 is 1. The predicted octanol–water partition coefficient (Wildman–Crippen LogP) is 3.78. The molecule has 5 nitrogen and oxygen atoms in total. The van der Waals surface area contributed by atoms with Gasteiger partial charge in [0.1, 0.15) is 6.61 Å². The number of pyridine rings is 1. The Morgan fingerprint density at radius 1 is 0.931 bits per heavy atom. The Hall–Kier alpha value is -3.05. The molecule has 2 aromatic carbocycles. The van der Waals surface area contributed by atoms with Crippen LogP contribution in [-0.4, -0.2) is 29.0 Å². The zero-order chi connectivity index (χ0) is 20.9. The molecule has 29 heavy (non-hydrogen) atoms. The summed E-state index contributed by atoms with van der Waals surface area (Å²) in [5, 5.41) is 9.84. The van der Waals surface area contributed by atoms with Crippen LogP contribution >= 0.6 is 0 Å². The second-order valence-corrected chi connectivity index (χ2v) is 7.67. The van der Waals surface area contributed by atoms with Gasteiger partial charge in [-0.05, 0) is 56.0 Å². The quantitative estimate of drug-likeness (QED) is 0.633. The van der Waals surface area contributed by atoms with Gasteiger partial charge in [-0.15, -0.1) is 0 Å². The number of benzene rings is 2. The van der Waals surface area contributed by atoms with Gasteiger partial charge in [-0.25, -0.2) is 0 Å². The maximum Gasteiger partial charge on any atom is 0.255 e. The number of hydrogen-bond donors (Lipinski definition) is 1. The lowest BCUT2D eigenvalue weighted by molar-refractivity contribution is 0.0276. The van der Waals surface area contributed by atoms with Crippen molar-refractivity contribution >= 4 is 0 Å². The fraction of sp³-hybridized carbons (Fsp3) is 0.292. The van der Waals surface area contributed by atoms with Crippen molar-refractivity contribution in [3.63, 3.8) is 0 Å². The van der Waals surface area contributed by atoms with Crippen molar-refractivity contribution < 1.29 is 14.6 Å². The highest BCUT2D eigenvalue weighted by atomic mass is 16.5. The first-order chi connectivity index (χ1) is 13.9. The third-order valence-corrected chi connectivity index (χ3v) is 4.54. The summed E-state index contributed by atoms with van der Waals surface area (Å²) in [4.78, 5) is 12.7. The van der Waals surface area contributed by atoms with Crippen LogP contribution in [0.1, 0.15) is 25.0 Å². The number of hydrogen-bond acceptors (Lipinski definition) is 4. The molecular weight excluding hydrogens is 366 g/mol. The molecule has 0 atom stereocenters. The lowest BCUT2D eigenvalue weighted by atomic mass is 10.1. The molecule has 152 valence electrons. The molecular formula is C24H27NO4. The number of nitrogens with zero attached hydrogens (tertiary/aromatic N) is 1. The third kappa shape index (κ3) is 5.72. The van der Waals surface area contributed by atoms with Gasteiger partial charge in [0.05, 0.1) is 18.4 Å². The van der Waals surface area contributed by atoms with E-state index in [0.717, 1.165) is 18.4 Å². The zero-order valence-corrected chi connectivity index (χ0v) is 17.1. The van der Waals surface area contributed by atoms with Crippen LogP contribution in [0.25, 0.3) is 5.69 Å². The van der Waals surface area contributed by atoms with E-state index in [1.165, 1.54) is 5.56 Å². The molecule has 3 aromatic rings. The Morgan fingerprint density at radius 3 is 2.31 bits per heavy atom. The zero-order valence-electron chi connectivity index (χ0n) is 17.1. The fourth-order valence-corrected chi connectivity index (χ4v) is 3.00. The molecule has 0 radical (unpaired) electrons. The monoisotopic (exact) mass is 393 g/mol. The first-order valence-electron chi connectivity index (χ1n) is 9.65. The lowest BCUT2D eigenvalue weighted by Crippen LogP contribution is -2.28. The first kappa shape index (κ1) is 20.7. The summed E-state index contributed by atoms with van der Waals surface area (Å²) in [5.41, 5.74) is 1.91. The van der Waals surface area contributed by atoms with Crippen LogP contribution < -0.4 is 15.0 Å². The van der Waals surface area contributed by atoms with Gasteiger partial charge >= 0.3 is 0 Å². The molecule has 0 saturated carbocycles.